The summed E-state index contributed by atoms with van der Waals surface area (Å²) in [6, 6.07) is -0.647. The van der Waals surface area contributed by atoms with E-state index in [1.165, 1.54) is 128 Å². The van der Waals surface area contributed by atoms with E-state index in [2.05, 4.69) is 55.6 Å². The Balaban J connectivity index is 3.54. The van der Waals surface area contributed by atoms with Gasteiger partial charge >= 0.3 is 5.97 Å². The summed E-state index contributed by atoms with van der Waals surface area (Å²) in [5.41, 5.74) is 0. The lowest BCUT2D eigenvalue weighted by molar-refractivity contribution is -0.143. The van der Waals surface area contributed by atoms with Gasteiger partial charge in [-0.15, -0.1) is 0 Å². The molecule has 338 valence electrons. The van der Waals surface area contributed by atoms with Gasteiger partial charge in [0, 0.05) is 12.8 Å². The zero-order valence-electron chi connectivity index (χ0n) is 38.3. The van der Waals surface area contributed by atoms with Crippen LogP contribution in [0.25, 0.3) is 0 Å². The van der Waals surface area contributed by atoms with Crippen molar-refractivity contribution in [2.75, 3.05) is 13.2 Å². The first-order chi connectivity index (χ1) is 28.5. The average Bonchev–Trinajstić information content (AvgIpc) is 3.22. The van der Waals surface area contributed by atoms with E-state index in [4.69, 9.17) is 4.74 Å². The first-order valence-corrected chi connectivity index (χ1v) is 24.9. The second kappa shape index (κ2) is 47.5. The highest BCUT2D eigenvalue weighted by Crippen LogP contribution is 2.14. The molecule has 6 heteroatoms. The van der Waals surface area contributed by atoms with Gasteiger partial charge in [-0.25, -0.2) is 0 Å². The zero-order chi connectivity index (χ0) is 42.3. The van der Waals surface area contributed by atoms with Gasteiger partial charge in [0.1, 0.15) is 0 Å². The quantitative estimate of drug-likeness (QED) is 0.0323. The van der Waals surface area contributed by atoms with E-state index in [0.717, 1.165) is 89.9 Å². The summed E-state index contributed by atoms with van der Waals surface area (Å²) in [5, 5.41) is 23.0. The normalized spacial score (nSPS) is 13.1. The van der Waals surface area contributed by atoms with Crippen LogP contribution in [0.2, 0.25) is 0 Å². The number of esters is 1. The van der Waals surface area contributed by atoms with E-state index >= 15 is 0 Å². The number of carbonyl (C=O) groups excluding carboxylic acids is 2. The molecule has 0 heterocycles. The Morgan fingerprint density at radius 3 is 1.36 bits per heavy atom. The number of nitrogens with one attached hydrogen (secondary N) is 1. The lowest BCUT2D eigenvalue weighted by Gasteiger charge is -2.20. The van der Waals surface area contributed by atoms with Crippen molar-refractivity contribution < 1.29 is 24.5 Å². The first kappa shape index (κ1) is 55.8. The SMILES string of the molecule is CCCCC/C=C\C/C=C\CCCCCCCCCC(=O)OCCCCC/C=C\CCCCCCCC(=O)NC(CO)C(O)/C=C/CCCCCCCCCCCC. The van der Waals surface area contributed by atoms with Gasteiger partial charge in [-0.2, -0.15) is 0 Å². The van der Waals surface area contributed by atoms with Gasteiger partial charge in [-0.1, -0.05) is 184 Å². The van der Waals surface area contributed by atoms with Crippen LogP contribution in [0.3, 0.4) is 0 Å². The molecular weight excluding hydrogens is 719 g/mol. The van der Waals surface area contributed by atoms with Gasteiger partial charge in [0.25, 0.3) is 0 Å². The molecule has 0 spiro atoms. The Bertz CT molecular complexity index is 988. The van der Waals surface area contributed by atoms with Gasteiger partial charge in [-0.05, 0) is 96.3 Å². The molecule has 0 aliphatic rings. The zero-order valence-corrected chi connectivity index (χ0v) is 38.3. The third-order valence-electron chi connectivity index (χ3n) is 11.1. The number of amides is 1. The number of allylic oxidation sites excluding steroid dienone is 7. The molecule has 0 rings (SSSR count). The number of unbranched alkanes of at least 4 members (excludes halogenated alkanes) is 28. The molecule has 0 aromatic heterocycles. The molecule has 0 saturated heterocycles. The Morgan fingerprint density at radius 2 is 0.862 bits per heavy atom. The van der Waals surface area contributed by atoms with Crippen molar-refractivity contribution in [3.05, 3.63) is 48.6 Å². The standard InChI is InChI=1S/C52H95NO5/c1-3-5-7-9-11-13-15-17-18-19-20-21-26-30-34-38-42-46-52(57)58-47-43-39-35-31-27-23-22-25-29-33-37-41-45-51(56)53-49(48-54)50(55)44-40-36-32-28-24-16-14-12-10-8-6-4-2/h11,13,17-18,23,27,40,44,49-50,54-55H,3-10,12,14-16,19-22,24-26,28-39,41-43,45-48H2,1-2H3,(H,53,56)/b13-11-,18-17-,27-23-,44-40+. The van der Waals surface area contributed by atoms with Crippen molar-refractivity contribution in [2.24, 2.45) is 0 Å². The Morgan fingerprint density at radius 1 is 0.483 bits per heavy atom. The van der Waals surface area contributed by atoms with Gasteiger partial charge in [0.15, 0.2) is 0 Å². The van der Waals surface area contributed by atoms with Crippen molar-refractivity contribution in [1.82, 2.24) is 5.32 Å². The van der Waals surface area contributed by atoms with Gasteiger partial charge in [-0.3, -0.25) is 9.59 Å². The average molecular weight is 814 g/mol. The van der Waals surface area contributed by atoms with Crippen molar-refractivity contribution >= 4 is 11.9 Å². The van der Waals surface area contributed by atoms with Crippen LogP contribution in [0.15, 0.2) is 48.6 Å². The van der Waals surface area contributed by atoms with Crippen LogP contribution in [0, 0.1) is 0 Å². The second-order valence-electron chi connectivity index (χ2n) is 16.8. The van der Waals surface area contributed by atoms with E-state index in [1.54, 1.807) is 6.08 Å². The molecule has 0 radical (unpaired) electrons. The van der Waals surface area contributed by atoms with Crippen LogP contribution in [-0.2, 0) is 14.3 Å². The fraction of sp³-hybridized carbons (Fsp3) is 0.808. The molecule has 0 bridgehead atoms. The maximum absolute atomic E-state index is 12.4. The summed E-state index contributed by atoms with van der Waals surface area (Å²) in [5.74, 6) is -0.130. The lowest BCUT2D eigenvalue weighted by atomic mass is 10.1. The molecule has 0 aromatic carbocycles. The Labute approximate surface area is 359 Å². The summed E-state index contributed by atoms with van der Waals surface area (Å²) >= 11 is 0. The van der Waals surface area contributed by atoms with Crippen molar-refractivity contribution in [3.8, 4) is 0 Å². The fourth-order valence-electron chi connectivity index (χ4n) is 7.18. The second-order valence-corrected chi connectivity index (χ2v) is 16.8. The smallest absolute Gasteiger partial charge is 0.305 e. The number of hydrogen-bond donors (Lipinski definition) is 3. The number of aliphatic hydroxyl groups is 2. The van der Waals surface area contributed by atoms with Crippen LogP contribution in [-0.4, -0.2) is 47.4 Å². The molecule has 0 aliphatic heterocycles. The highest BCUT2D eigenvalue weighted by atomic mass is 16.5. The van der Waals surface area contributed by atoms with Crippen LogP contribution in [0.5, 0.6) is 0 Å². The molecule has 0 saturated carbocycles. The molecule has 3 N–H and O–H groups in total. The Kier molecular flexibility index (Phi) is 45.7. The van der Waals surface area contributed by atoms with E-state index < -0.39 is 12.1 Å². The summed E-state index contributed by atoms with van der Waals surface area (Å²) in [4.78, 5) is 24.4. The van der Waals surface area contributed by atoms with Crippen LogP contribution in [0.1, 0.15) is 245 Å². The molecule has 1 amide bonds. The van der Waals surface area contributed by atoms with Crippen molar-refractivity contribution in [2.45, 2.75) is 257 Å². The molecular formula is C52H95NO5. The maximum Gasteiger partial charge on any atom is 0.305 e. The van der Waals surface area contributed by atoms with E-state index in [-0.39, 0.29) is 18.5 Å². The minimum Gasteiger partial charge on any atom is -0.466 e. The van der Waals surface area contributed by atoms with Crippen LogP contribution < -0.4 is 5.32 Å². The van der Waals surface area contributed by atoms with Gasteiger partial charge < -0.3 is 20.3 Å². The molecule has 58 heavy (non-hydrogen) atoms. The molecule has 0 fully saturated rings. The van der Waals surface area contributed by atoms with E-state index in [9.17, 15) is 19.8 Å². The minimum atomic E-state index is -0.860. The largest absolute Gasteiger partial charge is 0.466 e. The number of aliphatic hydroxyl groups excluding tert-OH is 2. The molecule has 6 nitrogen and oxygen atoms in total. The molecule has 0 aliphatic carbocycles. The van der Waals surface area contributed by atoms with Crippen molar-refractivity contribution in [1.29, 1.82) is 0 Å². The van der Waals surface area contributed by atoms with Gasteiger partial charge in [0.2, 0.25) is 5.91 Å². The minimum absolute atomic E-state index is 0.0333. The highest BCUT2D eigenvalue weighted by Gasteiger charge is 2.18. The maximum atomic E-state index is 12.4. The van der Waals surface area contributed by atoms with Crippen molar-refractivity contribution in [3.63, 3.8) is 0 Å². The molecule has 2 unspecified atom stereocenters. The highest BCUT2D eigenvalue weighted by molar-refractivity contribution is 5.76. The number of ether oxygens (including phenoxy) is 1. The number of hydrogen-bond acceptors (Lipinski definition) is 5. The topological polar surface area (TPSA) is 95.9 Å². The number of rotatable bonds is 45. The third-order valence-corrected chi connectivity index (χ3v) is 11.1. The monoisotopic (exact) mass is 814 g/mol. The summed E-state index contributed by atoms with van der Waals surface area (Å²) in [7, 11) is 0. The Hall–Kier alpha value is -2.18. The predicted octanol–water partition coefficient (Wildman–Crippen LogP) is 14.7. The summed E-state index contributed by atoms with van der Waals surface area (Å²) in [6.45, 7) is 4.79. The summed E-state index contributed by atoms with van der Waals surface area (Å²) < 4.78 is 5.44. The third kappa shape index (κ3) is 43.4. The summed E-state index contributed by atoms with van der Waals surface area (Å²) in [6.07, 6.45) is 58.2. The van der Waals surface area contributed by atoms with Crippen LogP contribution in [0.4, 0.5) is 0 Å². The predicted molar refractivity (Wildman–Crippen MR) is 250 cm³/mol. The van der Waals surface area contributed by atoms with E-state index in [0.29, 0.717) is 19.4 Å². The molecule has 2 atom stereocenters. The van der Waals surface area contributed by atoms with Crippen LogP contribution >= 0.6 is 0 Å². The fourth-order valence-corrected chi connectivity index (χ4v) is 7.18. The first-order valence-electron chi connectivity index (χ1n) is 24.9. The van der Waals surface area contributed by atoms with E-state index in [1.807, 2.05) is 6.08 Å². The lowest BCUT2D eigenvalue weighted by Crippen LogP contribution is -2.45. The molecule has 0 aromatic rings. The van der Waals surface area contributed by atoms with Gasteiger partial charge in [0.05, 0.1) is 25.4 Å². The number of carbonyl (C=O) groups is 2.